The number of carbonyl (C=O) groups is 2. The lowest BCUT2D eigenvalue weighted by molar-refractivity contribution is -0.118. The van der Waals surface area contributed by atoms with Gasteiger partial charge in [0.15, 0.2) is 0 Å². The Balaban J connectivity index is 1.44. The Kier molecular flexibility index (Phi) is 4.47. The van der Waals surface area contributed by atoms with Gasteiger partial charge in [-0.1, -0.05) is 0 Å². The van der Waals surface area contributed by atoms with Crippen molar-refractivity contribution in [1.82, 2.24) is 5.32 Å². The quantitative estimate of drug-likeness (QED) is 0.770. The number of amides is 2. The minimum atomic E-state index is -0.566. The fourth-order valence-corrected chi connectivity index (χ4v) is 3.93. The van der Waals surface area contributed by atoms with Crippen LogP contribution in [0.15, 0.2) is 34.9 Å². The molecule has 1 aliphatic carbocycles. The Morgan fingerprint density at radius 3 is 2.70 bits per heavy atom. The molecular weight excluding hydrogens is 349 g/mol. The molecule has 2 heterocycles. The van der Waals surface area contributed by atoms with E-state index in [1.807, 2.05) is 0 Å². The van der Waals surface area contributed by atoms with Crippen LogP contribution in [0.5, 0.6) is 0 Å². The maximum atomic E-state index is 14.1. The highest BCUT2D eigenvalue weighted by molar-refractivity contribution is 6.05. The van der Waals surface area contributed by atoms with Crippen LogP contribution in [0.3, 0.4) is 0 Å². The SMILES string of the molecule is Cc1occc1C(=O)Nc1cc(NC(=O)C2CC23CCNCC3)ccc1F. The predicted molar refractivity (Wildman–Crippen MR) is 99.1 cm³/mol. The summed E-state index contributed by atoms with van der Waals surface area (Å²) in [6.07, 6.45) is 4.34. The second-order valence-corrected chi connectivity index (χ2v) is 7.40. The number of aryl methyl sites for hydroxylation is 1. The standard InChI is InChI=1S/C20H22FN3O3/c1-12-14(4-9-27-12)18(25)24-17-10-13(2-3-16(17)21)23-19(26)15-11-20(15)5-7-22-8-6-20/h2-4,9-10,15,22H,5-8,11H2,1H3,(H,23,26)(H,24,25). The Labute approximate surface area is 156 Å². The second kappa shape index (κ2) is 6.81. The summed E-state index contributed by atoms with van der Waals surface area (Å²) in [7, 11) is 0. The third-order valence-electron chi connectivity index (χ3n) is 5.69. The Morgan fingerprint density at radius 2 is 2.00 bits per heavy atom. The van der Waals surface area contributed by atoms with Crippen molar-refractivity contribution in [3.05, 3.63) is 47.7 Å². The summed E-state index contributed by atoms with van der Waals surface area (Å²) in [5.41, 5.74) is 0.961. The van der Waals surface area contributed by atoms with Gasteiger partial charge in [0, 0.05) is 11.6 Å². The van der Waals surface area contributed by atoms with Crippen molar-refractivity contribution in [2.75, 3.05) is 23.7 Å². The van der Waals surface area contributed by atoms with Crippen LogP contribution in [0.4, 0.5) is 15.8 Å². The topological polar surface area (TPSA) is 83.4 Å². The number of rotatable bonds is 4. The van der Waals surface area contributed by atoms with Crippen LogP contribution >= 0.6 is 0 Å². The molecule has 1 unspecified atom stereocenters. The average molecular weight is 371 g/mol. The molecule has 0 radical (unpaired) electrons. The summed E-state index contributed by atoms with van der Waals surface area (Å²) in [4.78, 5) is 24.8. The van der Waals surface area contributed by atoms with Crippen molar-refractivity contribution in [3.63, 3.8) is 0 Å². The number of halogens is 1. The van der Waals surface area contributed by atoms with Crippen LogP contribution in [0.25, 0.3) is 0 Å². The molecule has 4 rings (SSSR count). The van der Waals surface area contributed by atoms with Gasteiger partial charge in [0.25, 0.3) is 5.91 Å². The first kappa shape index (κ1) is 17.7. The van der Waals surface area contributed by atoms with E-state index in [0.717, 1.165) is 32.4 Å². The van der Waals surface area contributed by atoms with E-state index in [1.165, 1.54) is 30.5 Å². The first-order valence-electron chi connectivity index (χ1n) is 9.15. The van der Waals surface area contributed by atoms with E-state index in [0.29, 0.717) is 17.0 Å². The molecule has 1 aromatic heterocycles. The molecule has 142 valence electrons. The minimum Gasteiger partial charge on any atom is -0.469 e. The molecular formula is C20H22FN3O3. The van der Waals surface area contributed by atoms with E-state index < -0.39 is 11.7 Å². The van der Waals surface area contributed by atoms with Crippen LogP contribution in [-0.2, 0) is 4.79 Å². The number of hydrogen-bond donors (Lipinski definition) is 3. The molecule has 1 saturated carbocycles. The van der Waals surface area contributed by atoms with E-state index in [4.69, 9.17) is 4.42 Å². The third-order valence-corrected chi connectivity index (χ3v) is 5.69. The third kappa shape index (κ3) is 3.47. The predicted octanol–water partition coefficient (Wildman–Crippen LogP) is 3.31. The monoisotopic (exact) mass is 371 g/mol. The van der Waals surface area contributed by atoms with Gasteiger partial charge in [-0.25, -0.2) is 4.39 Å². The first-order chi connectivity index (χ1) is 13.0. The summed E-state index contributed by atoms with van der Waals surface area (Å²) < 4.78 is 19.2. The molecule has 1 aliphatic heterocycles. The fourth-order valence-electron chi connectivity index (χ4n) is 3.93. The Morgan fingerprint density at radius 1 is 1.22 bits per heavy atom. The summed E-state index contributed by atoms with van der Waals surface area (Å²) in [6.45, 7) is 3.56. The van der Waals surface area contributed by atoms with Crippen molar-refractivity contribution in [2.24, 2.45) is 11.3 Å². The van der Waals surface area contributed by atoms with Gasteiger partial charge in [-0.05, 0) is 69.0 Å². The molecule has 2 fully saturated rings. The molecule has 2 aliphatic rings. The molecule has 7 heteroatoms. The van der Waals surface area contributed by atoms with Crippen molar-refractivity contribution in [1.29, 1.82) is 0 Å². The van der Waals surface area contributed by atoms with Crippen LogP contribution in [0.2, 0.25) is 0 Å². The maximum absolute atomic E-state index is 14.1. The van der Waals surface area contributed by atoms with Crippen molar-refractivity contribution in [2.45, 2.75) is 26.2 Å². The largest absolute Gasteiger partial charge is 0.469 e. The number of anilines is 2. The lowest BCUT2D eigenvalue weighted by Crippen LogP contribution is -2.31. The van der Waals surface area contributed by atoms with Gasteiger partial charge >= 0.3 is 0 Å². The lowest BCUT2D eigenvalue weighted by Gasteiger charge is -2.23. The van der Waals surface area contributed by atoms with E-state index >= 15 is 0 Å². The van der Waals surface area contributed by atoms with Crippen LogP contribution in [-0.4, -0.2) is 24.9 Å². The summed E-state index contributed by atoms with van der Waals surface area (Å²) in [6, 6.07) is 5.71. The summed E-state index contributed by atoms with van der Waals surface area (Å²) in [5, 5.41) is 8.72. The summed E-state index contributed by atoms with van der Waals surface area (Å²) >= 11 is 0. The molecule has 2 amide bonds. The van der Waals surface area contributed by atoms with E-state index in [1.54, 1.807) is 6.92 Å². The lowest BCUT2D eigenvalue weighted by atomic mass is 9.92. The molecule has 6 nitrogen and oxygen atoms in total. The van der Waals surface area contributed by atoms with Gasteiger partial charge in [0.2, 0.25) is 5.91 Å². The second-order valence-electron chi connectivity index (χ2n) is 7.40. The van der Waals surface area contributed by atoms with Crippen LogP contribution in [0, 0.1) is 24.1 Å². The number of furan rings is 1. The molecule has 1 atom stereocenters. The fraction of sp³-hybridized carbons (Fsp3) is 0.400. The minimum absolute atomic E-state index is 0.0104. The summed E-state index contributed by atoms with van der Waals surface area (Å²) in [5.74, 6) is -0.593. The average Bonchev–Trinajstić information content (AvgIpc) is 3.15. The van der Waals surface area contributed by atoms with Crippen molar-refractivity contribution < 1.29 is 18.4 Å². The van der Waals surface area contributed by atoms with Gasteiger partial charge in [-0.3, -0.25) is 9.59 Å². The van der Waals surface area contributed by atoms with Crippen molar-refractivity contribution >= 4 is 23.2 Å². The van der Waals surface area contributed by atoms with Gasteiger partial charge in [0.1, 0.15) is 11.6 Å². The maximum Gasteiger partial charge on any atom is 0.259 e. The highest BCUT2D eigenvalue weighted by atomic mass is 19.1. The molecule has 3 N–H and O–H groups in total. The van der Waals surface area contributed by atoms with Gasteiger partial charge in [0.05, 0.1) is 17.5 Å². The normalized spacial score (nSPS) is 20.3. The van der Waals surface area contributed by atoms with Crippen molar-refractivity contribution in [3.8, 4) is 0 Å². The van der Waals surface area contributed by atoms with Gasteiger partial charge in [-0.2, -0.15) is 0 Å². The molecule has 0 bridgehead atoms. The molecule has 1 spiro atoms. The van der Waals surface area contributed by atoms with Gasteiger partial charge < -0.3 is 20.4 Å². The first-order valence-corrected chi connectivity index (χ1v) is 9.15. The molecule has 1 saturated heterocycles. The zero-order chi connectivity index (χ0) is 19.0. The number of hydrogen-bond acceptors (Lipinski definition) is 4. The smallest absolute Gasteiger partial charge is 0.259 e. The van der Waals surface area contributed by atoms with Gasteiger partial charge in [-0.15, -0.1) is 0 Å². The van der Waals surface area contributed by atoms with E-state index in [2.05, 4.69) is 16.0 Å². The van der Waals surface area contributed by atoms with Crippen LogP contribution in [0.1, 0.15) is 35.4 Å². The van der Waals surface area contributed by atoms with E-state index in [9.17, 15) is 14.0 Å². The Hall–Kier alpha value is -2.67. The zero-order valence-corrected chi connectivity index (χ0v) is 15.1. The number of nitrogens with one attached hydrogen (secondary N) is 3. The number of piperidine rings is 1. The highest BCUT2D eigenvalue weighted by Crippen LogP contribution is 2.58. The Bertz CT molecular complexity index is 886. The molecule has 1 aromatic carbocycles. The van der Waals surface area contributed by atoms with Crippen LogP contribution < -0.4 is 16.0 Å². The molecule has 27 heavy (non-hydrogen) atoms. The highest BCUT2D eigenvalue weighted by Gasteiger charge is 2.57. The number of carbonyl (C=O) groups excluding carboxylic acids is 2. The molecule has 2 aromatic rings. The number of benzene rings is 1. The zero-order valence-electron chi connectivity index (χ0n) is 15.1. The van der Waals surface area contributed by atoms with E-state index in [-0.39, 0.29) is 22.9 Å².